The third-order valence-corrected chi connectivity index (χ3v) is 1.14. The molecule has 0 spiro atoms. The fourth-order valence-corrected chi connectivity index (χ4v) is 0.778. The summed E-state index contributed by atoms with van der Waals surface area (Å²) in [6.07, 6.45) is -4.19. The van der Waals surface area contributed by atoms with Crippen molar-refractivity contribution in [2.75, 3.05) is 13.2 Å². The summed E-state index contributed by atoms with van der Waals surface area (Å²) in [6, 6.07) is 0. The van der Waals surface area contributed by atoms with Crippen LogP contribution in [0.3, 0.4) is 0 Å². The molecule has 0 aromatic rings. The van der Waals surface area contributed by atoms with Gasteiger partial charge in [-0.2, -0.15) is 8.78 Å². The Morgan fingerprint density at radius 2 is 2.09 bits per heavy atom. The minimum atomic E-state index is -3.19. The molecule has 0 aromatic carbocycles. The van der Waals surface area contributed by atoms with Gasteiger partial charge in [0, 0.05) is 6.92 Å². The van der Waals surface area contributed by atoms with Crippen LogP contribution in [0.1, 0.15) is 6.92 Å². The molecule has 68 valence electrons. The summed E-state index contributed by atoms with van der Waals surface area (Å²) in [6.45, 7) is 0.174. The molecular formula is C5H9F2IO3. The van der Waals surface area contributed by atoms with E-state index in [9.17, 15) is 8.78 Å². The first-order valence-corrected chi connectivity index (χ1v) is 3.77. The number of halogens is 3. The average molecular weight is 282 g/mol. The molecule has 0 heterocycles. The number of aliphatic hydroxyl groups excluding tert-OH is 1. The SMILES string of the molecule is CC(F)(F)OCC(O)COI. The summed E-state index contributed by atoms with van der Waals surface area (Å²) in [7, 11) is 0. The van der Waals surface area contributed by atoms with Crippen molar-refractivity contribution in [3.63, 3.8) is 0 Å². The molecule has 3 nitrogen and oxygen atoms in total. The van der Waals surface area contributed by atoms with E-state index in [1.54, 1.807) is 23.0 Å². The van der Waals surface area contributed by atoms with Gasteiger partial charge in [-0.25, -0.2) is 0 Å². The third-order valence-electron chi connectivity index (χ3n) is 0.785. The van der Waals surface area contributed by atoms with E-state index >= 15 is 0 Å². The fraction of sp³-hybridized carbons (Fsp3) is 1.00. The highest BCUT2D eigenvalue weighted by Crippen LogP contribution is 2.13. The van der Waals surface area contributed by atoms with E-state index in [1.807, 2.05) is 0 Å². The van der Waals surface area contributed by atoms with Gasteiger partial charge in [0.05, 0.1) is 13.2 Å². The van der Waals surface area contributed by atoms with Crippen molar-refractivity contribution >= 4 is 23.0 Å². The Bertz CT molecular complexity index is 106. The van der Waals surface area contributed by atoms with Crippen molar-refractivity contribution in [3.8, 4) is 0 Å². The van der Waals surface area contributed by atoms with Crippen molar-refractivity contribution in [1.82, 2.24) is 0 Å². The lowest BCUT2D eigenvalue weighted by molar-refractivity contribution is -0.235. The van der Waals surface area contributed by atoms with Crippen LogP contribution in [0.15, 0.2) is 0 Å². The smallest absolute Gasteiger partial charge is 0.353 e. The summed E-state index contributed by atoms with van der Waals surface area (Å²) in [5, 5.41) is 8.82. The average Bonchev–Trinajstić information content (AvgIpc) is 1.83. The maximum Gasteiger partial charge on any atom is 0.353 e. The van der Waals surface area contributed by atoms with Crippen molar-refractivity contribution in [1.29, 1.82) is 0 Å². The second kappa shape index (κ2) is 5.18. The summed E-state index contributed by atoms with van der Waals surface area (Å²) < 4.78 is 32.3. The lowest BCUT2D eigenvalue weighted by atomic mass is 10.4. The van der Waals surface area contributed by atoms with Gasteiger partial charge in [0.15, 0.2) is 0 Å². The van der Waals surface area contributed by atoms with E-state index in [-0.39, 0.29) is 6.61 Å². The monoisotopic (exact) mass is 282 g/mol. The van der Waals surface area contributed by atoms with Crippen molar-refractivity contribution in [3.05, 3.63) is 0 Å². The quantitative estimate of drug-likeness (QED) is 0.773. The number of alkyl halides is 2. The van der Waals surface area contributed by atoms with Gasteiger partial charge in [-0.15, -0.1) is 0 Å². The van der Waals surface area contributed by atoms with E-state index < -0.39 is 18.8 Å². The van der Waals surface area contributed by atoms with Crippen LogP contribution in [0, 0.1) is 0 Å². The van der Waals surface area contributed by atoms with Gasteiger partial charge < -0.3 is 12.9 Å². The minimum Gasteiger partial charge on any atom is -0.388 e. The Morgan fingerprint density at radius 1 is 1.55 bits per heavy atom. The second-order valence-corrected chi connectivity index (χ2v) is 2.67. The highest BCUT2D eigenvalue weighted by atomic mass is 127. The Morgan fingerprint density at radius 3 is 2.45 bits per heavy atom. The zero-order valence-electron chi connectivity index (χ0n) is 5.89. The molecule has 0 amide bonds. The van der Waals surface area contributed by atoms with E-state index in [2.05, 4.69) is 7.80 Å². The predicted octanol–water partition coefficient (Wildman–Crippen LogP) is 1.34. The molecule has 1 atom stereocenters. The summed E-state index contributed by atoms with van der Waals surface area (Å²) >= 11 is 1.56. The lowest BCUT2D eigenvalue weighted by Crippen LogP contribution is -2.26. The Labute approximate surface area is 77.4 Å². The van der Waals surface area contributed by atoms with Crippen LogP contribution < -0.4 is 0 Å². The van der Waals surface area contributed by atoms with Crippen molar-refractivity contribution in [2.45, 2.75) is 19.1 Å². The largest absolute Gasteiger partial charge is 0.388 e. The molecule has 0 aliphatic heterocycles. The minimum absolute atomic E-state index is 0.0172. The highest BCUT2D eigenvalue weighted by molar-refractivity contribution is 14.1. The molecular weight excluding hydrogens is 273 g/mol. The van der Waals surface area contributed by atoms with E-state index in [1.165, 1.54) is 0 Å². The standard InChI is InChI=1S/C5H9F2IO3/c1-5(6,7)10-2-4(9)3-11-8/h4,9H,2-3H2,1H3. The Hall–Kier alpha value is 0.470. The molecule has 0 aliphatic carbocycles. The molecule has 1 unspecified atom stereocenters. The molecule has 0 saturated carbocycles. The maximum absolute atomic E-state index is 11.9. The molecule has 0 radical (unpaired) electrons. The van der Waals surface area contributed by atoms with Gasteiger partial charge in [0.1, 0.15) is 29.1 Å². The van der Waals surface area contributed by atoms with E-state index in [0.717, 1.165) is 0 Å². The van der Waals surface area contributed by atoms with Crippen LogP contribution in [0.2, 0.25) is 0 Å². The number of hydrogen-bond acceptors (Lipinski definition) is 3. The molecule has 0 rings (SSSR count). The summed E-state index contributed by atoms with van der Waals surface area (Å²) in [5.74, 6) is 0. The Kier molecular flexibility index (Phi) is 5.40. The van der Waals surface area contributed by atoms with Crippen LogP contribution in [-0.2, 0) is 7.80 Å². The van der Waals surface area contributed by atoms with Crippen LogP contribution >= 0.6 is 23.0 Å². The van der Waals surface area contributed by atoms with Crippen LogP contribution in [0.4, 0.5) is 8.78 Å². The van der Waals surface area contributed by atoms with Gasteiger partial charge in [-0.1, -0.05) is 0 Å². The fourth-order valence-electron chi connectivity index (χ4n) is 0.363. The highest BCUT2D eigenvalue weighted by Gasteiger charge is 2.22. The van der Waals surface area contributed by atoms with Crippen molar-refractivity contribution in [2.24, 2.45) is 0 Å². The maximum atomic E-state index is 11.9. The van der Waals surface area contributed by atoms with Gasteiger partial charge in [0.25, 0.3) is 0 Å². The lowest BCUT2D eigenvalue weighted by Gasteiger charge is -2.13. The molecule has 0 aromatic heterocycles. The van der Waals surface area contributed by atoms with Crippen LogP contribution in [-0.4, -0.2) is 30.5 Å². The second-order valence-electron chi connectivity index (χ2n) is 2.05. The summed E-state index contributed by atoms with van der Waals surface area (Å²) in [4.78, 5) is 0. The van der Waals surface area contributed by atoms with Gasteiger partial charge in [-0.3, -0.25) is 0 Å². The van der Waals surface area contributed by atoms with E-state index in [0.29, 0.717) is 6.92 Å². The number of hydrogen-bond donors (Lipinski definition) is 1. The zero-order chi connectivity index (χ0) is 8.91. The molecule has 0 saturated heterocycles. The predicted molar refractivity (Wildman–Crippen MR) is 42.6 cm³/mol. The number of rotatable bonds is 5. The zero-order valence-corrected chi connectivity index (χ0v) is 8.05. The topological polar surface area (TPSA) is 38.7 Å². The van der Waals surface area contributed by atoms with Gasteiger partial charge >= 0.3 is 6.11 Å². The first kappa shape index (κ1) is 11.5. The number of aliphatic hydroxyl groups is 1. The van der Waals surface area contributed by atoms with Crippen molar-refractivity contribution < 1.29 is 21.7 Å². The summed E-state index contributed by atoms with van der Waals surface area (Å²) in [5.41, 5.74) is 0. The first-order chi connectivity index (χ1) is 4.95. The molecule has 0 aliphatic rings. The van der Waals surface area contributed by atoms with Crippen LogP contribution in [0.25, 0.3) is 0 Å². The third kappa shape index (κ3) is 8.38. The molecule has 11 heavy (non-hydrogen) atoms. The number of ether oxygens (including phenoxy) is 1. The molecule has 0 fully saturated rings. The van der Waals surface area contributed by atoms with Gasteiger partial charge in [-0.05, 0) is 0 Å². The molecule has 6 heteroatoms. The Balaban J connectivity index is 3.38. The van der Waals surface area contributed by atoms with E-state index in [4.69, 9.17) is 5.11 Å². The first-order valence-electron chi connectivity index (χ1n) is 2.89. The van der Waals surface area contributed by atoms with Gasteiger partial charge in [0.2, 0.25) is 0 Å². The molecule has 1 N–H and O–H groups in total. The normalized spacial score (nSPS) is 15.0. The molecule has 0 bridgehead atoms. The van der Waals surface area contributed by atoms with Crippen LogP contribution in [0.5, 0.6) is 0 Å².